The maximum Gasteiger partial charge on any atom is 0.240 e. The van der Waals surface area contributed by atoms with Crippen molar-refractivity contribution >= 4 is 20.9 Å². The second kappa shape index (κ2) is 7.98. The maximum absolute atomic E-state index is 13.2. The maximum atomic E-state index is 13.2. The van der Waals surface area contributed by atoms with Crippen LogP contribution in [0.3, 0.4) is 0 Å². The number of benzene rings is 2. The molecule has 0 aliphatic heterocycles. The number of halogens is 1. The van der Waals surface area contributed by atoms with Crippen LogP contribution in [0.15, 0.2) is 53.6 Å². The Labute approximate surface area is 165 Å². The van der Waals surface area contributed by atoms with E-state index in [1.165, 1.54) is 12.1 Å². The van der Waals surface area contributed by atoms with Gasteiger partial charge < -0.3 is 4.90 Å². The Morgan fingerprint density at radius 1 is 1.14 bits per heavy atom. The standard InChI is InChI=1S/C20H25FN4O2S/c1-14(2)25-19-10-9-18(11-16(19)12-22-25)28(26,27)23-13-20(24(3)4)15-5-7-17(21)8-6-15/h5-12,14,20,23H,13H2,1-4H3/t20-/m0/s1. The first-order valence-electron chi connectivity index (χ1n) is 9.08. The molecule has 6 nitrogen and oxygen atoms in total. The molecule has 28 heavy (non-hydrogen) atoms. The second-order valence-electron chi connectivity index (χ2n) is 7.29. The third-order valence-corrected chi connectivity index (χ3v) is 6.13. The summed E-state index contributed by atoms with van der Waals surface area (Å²) in [5.41, 5.74) is 1.73. The van der Waals surface area contributed by atoms with Crippen LogP contribution >= 0.6 is 0 Å². The lowest BCUT2D eigenvalue weighted by Crippen LogP contribution is -2.34. The number of aromatic nitrogens is 2. The second-order valence-corrected chi connectivity index (χ2v) is 9.05. The van der Waals surface area contributed by atoms with E-state index in [0.717, 1.165) is 16.5 Å². The van der Waals surface area contributed by atoms with Gasteiger partial charge in [-0.1, -0.05) is 12.1 Å². The molecule has 0 radical (unpaired) electrons. The van der Waals surface area contributed by atoms with Gasteiger partial charge in [0.25, 0.3) is 0 Å². The lowest BCUT2D eigenvalue weighted by atomic mass is 10.1. The van der Waals surface area contributed by atoms with Gasteiger partial charge in [0.2, 0.25) is 10.0 Å². The number of nitrogens with one attached hydrogen (secondary N) is 1. The van der Waals surface area contributed by atoms with Crippen molar-refractivity contribution in [3.63, 3.8) is 0 Å². The van der Waals surface area contributed by atoms with Crippen molar-refractivity contribution in [1.29, 1.82) is 0 Å². The summed E-state index contributed by atoms with van der Waals surface area (Å²) in [6.07, 6.45) is 1.68. The first-order chi connectivity index (χ1) is 13.2. The highest BCUT2D eigenvalue weighted by atomic mass is 32.2. The van der Waals surface area contributed by atoms with Gasteiger partial charge in [-0.3, -0.25) is 4.68 Å². The zero-order valence-corrected chi connectivity index (χ0v) is 17.2. The van der Waals surface area contributed by atoms with Crippen molar-refractivity contribution in [2.45, 2.75) is 30.8 Å². The molecule has 1 aromatic heterocycles. The molecule has 0 unspecified atom stereocenters. The van der Waals surface area contributed by atoms with E-state index < -0.39 is 10.0 Å². The van der Waals surface area contributed by atoms with Gasteiger partial charge in [-0.05, 0) is 63.8 Å². The third-order valence-electron chi connectivity index (χ3n) is 4.71. The summed E-state index contributed by atoms with van der Waals surface area (Å²) < 4.78 is 43.3. The first-order valence-corrected chi connectivity index (χ1v) is 10.6. The summed E-state index contributed by atoms with van der Waals surface area (Å²) in [7, 11) is 0.0164. The van der Waals surface area contributed by atoms with Crippen LogP contribution in [0, 0.1) is 5.82 Å². The minimum absolute atomic E-state index is 0.171. The van der Waals surface area contributed by atoms with Gasteiger partial charge in [0, 0.05) is 24.0 Å². The lowest BCUT2D eigenvalue weighted by Gasteiger charge is -2.25. The van der Waals surface area contributed by atoms with Gasteiger partial charge in [0.05, 0.1) is 16.6 Å². The monoisotopic (exact) mass is 404 g/mol. The molecule has 0 aliphatic rings. The molecule has 1 heterocycles. The molecule has 0 saturated heterocycles. The van der Waals surface area contributed by atoms with Crippen molar-refractivity contribution in [2.24, 2.45) is 0 Å². The highest BCUT2D eigenvalue weighted by molar-refractivity contribution is 7.89. The quantitative estimate of drug-likeness (QED) is 0.656. The summed E-state index contributed by atoms with van der Waals surface area (Å²) in [6, 6.07) is 11.1. The molecule has 3 aromatic rings. The molecule has 0 saturated carbocycles. The van der Waals surface area contributed by atoms with Crippen molar-refractivity contribution < 1.29 is 12.8 Å². The number of hydrogen-bond acceptors (Lipinski definition) is 4. The largest absolute Gasteiger partial charge is 0.301 e. The Morgan fingerprint density at radius 2 is 1.82 bits per heavy atom. The Kier molecular flexibility index (Phi) is 5.83. The molecular formula is C20H25FN4O2S. The Morgan fingerprint density at radius 3 is 2.43 bits per heavy atom. The van der Waals surface area contributed by atoms with E-state index >= 15 is 0 Å². The van der Waals surface area contributed by atoms with Crippen LogP contribution < -0.4 is 4.72 Å². The normalized spacial score (nSPS) is 13.5. The Bertz CT molecular complexity index is 1060. The number of hydrogen-bond donors (Lipinski definition) is 1. The molecule has 8 heteroatoms. The number of sulfonamides is 1. The fourth-order valence-electron chi connectivity index (χ4n) is 3.17. The van der Waals surface area contributed by atoms with Gasteiger partial charge in [0.15, 0.2) is 0 Å². The Balaban J connectivity index is 1.82. The first kappa shape index (κ1) is 20.4. The average Bonchev–Trinajstić information content (AvgIpc) is 3.06. The summed E-state index contributed by atoms with van der Waals surface area (Å²) >= 11 is 0. The van der Waals surface area contributed by atoms with Crippen molar-refractivity contribution in [3.8, 4) is 0 Å². The van der Waals surface area contributed by atoms with Crippen LogP contribution in [0.5, 0.6) is 0 Å². The molecule has 0 aliphatic carbocycles. The molecule has 1 atom stereocenters. The third kappa shape index (κ3) is 4.24. The van der Waals surface area contributed by atoms with Crippen LogP contribution in [-0.2, 0) is 10.0 Å². The number of fused-ring (bicyclic) bond motifs is 1. The predicted molar refractivity (Wildman–Crippen MR) is 108 cm³/mol. The average molecular weight is 405 g/mol. The van der Waals surface area contributed by atoms with E-state index in [0.29, 0.717) is 0 Å². The fraction of sp³-hybridized carbons (Fsp3) is 0.350. The van der Waals surface area contributed by atoms with Gasteiger partial charge in [-0.25, -0.2) is 17.5 Å². The minimum atomic E-state index is -3.70. The number of rotatable bonds is 7. The molecule has 2 aromatic carbocycles. The number of likely N-dealkylation sites (N-methyl/N-ethyl adjacent to an activating group) is 1. The fourth-order valence-corrected chi connectivity index (χ4v) is 4.24. The summed E-state index contributed by atoms with van der Waals surface area (Å²) in [6.45, 7) is 4.22. The van der Waals surface area contributed by atoms with E-state index in [2.05, 4.69) is 9.82 Å². The summed E-state index contributed by atoms with van der Waals surface area (Å²) in [4.78, 5) is 2.09. The van der Waals surface area contributed by atoms with Crippen LogP contribution in [-0.4, -0.2) is 43.7 Å². The molecule has 0 bridgehead atoms. The molecule has 0 spiro atoms. The highest BCUT2D eigenvalue weighted by Crippen LogP contribution is 2.23. The summed E-state index contributed by atoms with van der Waals surface area (Å²) in [5.74, 6) is -0.322. The van der Waals surface area contributed by atoms with Crippen LogP contribution in [0.1, 0.15) is 31.5 Å². The minimum Gasteiger partial charge on any atom is -0.301 e. The van der Waals surface area contributed by atoms with E-state index in [9.17, 15) is 12.8 Å². The molecule has 150 valence electrons. The predicted octanol–water partition coefficient (Wildman–Crippen LogP) is 3.34. The van der Waals surface area contributed by atoms with Crippen LogP contribution in [0.25, 0.3) is 10.9 Å². The Hall–Kier alpha value is -2.29. The van der Waals surface area contributed by atoms with Gasteiger partial charge in [-0.15, -0.1) is 0 Å². The van der Waals surface area contributed by atoms with E-state index in [-0.39, 0.29) is 29.3 Å². The lowest BCUT2D eigenvalue weighted by molar-refractivity contribution is 0.299. The zero-order chi connectivity index (χ0) is 20.5. The molecule has 0 fully saturated rings. The summed E-state index contributed by atoms with van der Waals surface area (Å²) in [5, 5.41) is 5.10. The molecule has 3 rings (SSSR count). The molecule has 0 amide bonds. The van der Waals surface area contributed by atoms with Crippen molar-refractivity contribution in [2.75, 3.05) is 20.6 Å². The molecule has 1 N–H and O–H groups in total. The van der Waals surface area contributed by atoms with Crippen LogP contribution in [0.4, 0.5) is 4.39 Å². The SMILES string of the molecule is CC(C)n1ncc2cc(S(=O)(=O)NC[C@@H](c3ccc(F)cc3)N(C)C)ccc21. The zero-order valence-electron chi connectivity index (χ0n) is 16.4. The number of nitrogens with zero attached hydrogens (tertiary/aromatic N) is 3. The van der Waals surface area contributed by atoms with E-state index in [1.807, 2.05) is 37.5 Å². The van der Waals surface area contributed by atoms with E-state index in [4.69, 9.17) is 0 Å². The van der Waals surface area contributed by atoms with Gasteiger partial charge in [0.1, 0.15) is 5.82 Å². The topological polar surface area (TPSA) is 67.2 Å². The van der Waals surface area contributed by atoms with Crippen LogP contribution in [0.2, 0.25) is 0 Å². The molecular weight excluding hydrogens is 379 g/mol. The van der Waals surface area contributed by atoms with E-state index in [1.54, 1.807) is 36.5 Å². The van der Waals surface area contributed by atoms with Crippen molar-refractivity contribution in [3.05, 3.63) is 60.0 Å². The van der Waals surface area contributed by atoms with Gasteiger partial charge in [-0.2, -0.15) is 5.10 Å². The van der Waals surface area contributed by atoms with Gasteiger partial charge >= 0.3 is 0 Å². The van der Waals surface area contributed by atoms with Crippen molar-refractivity contribution in [1.82, 2.24) is 19.4 Å². The smallest absolute Gasteiger partial charge is 0.240 e. The highest BCUT2D eigenvalue weighted by Gasteiger charge is 2.20.